The van der Waals surface area contributed by atoms with Crippen LogP contribution in [0.1, 0.15) is 16.8 Å². The fraction of sp³-hybridized carbons (Fsp3) is 0.125. The van der Waals surface area contributed by atoms with Crippen LogP contribution in [0.5, 0.6) is 0 Å². The smallest absolute Gasteiger partial charge is 0.377 e. The van der Waals surface area contributed by atoms with Crippen molar-refractivity contribution in [1.82, 2.24) is 19.8 Å². The topological polar surface area (TPSA) is 71.5 Å². The number of fused-ring (bicyclic) bond motifs is 2. The Hall–Kier alpha value is -4.52. The van der Waals surface area contributed by atoms with Crippen molar-refractivity contribution in [3.63, 3.8) is 0 Å². The maximum Gasteiger partial charge on any atom is 0.416 e. The van der Waals surface area contributed by atoms with Crippen LogP contribution in [0.15, 0.2) is 65.4 Å². The van der Waals surface area contributed by atoms with Crippen LogP contribution < -0.4 is 10.2 Å². The molecule has 3 heterocycles. The first-order chi connectivity index (χ1) is 16.3. The van der Waals surface area contributed by atoms with Crippen molar-refractivity contribution in [3.8, 4) is 11.8 Å². The normalized spacial score (nSPS) is 11.4. The van der Waals surface area contributed by atoms with Gasteiger partial charge in [0.1, 0.15) is 5.69 Å². The predicted molar refractivity (Wildman–Crippen MR) is 122 cm³/mol. The number of anilines is 3. The number of hydrogen-bond acceptors (Lipinski definition) is 6. The number of halogens is 3. The molecule has 0 atom stereocenters. The van der Waals surface area contributed by atoms with Crippen molar-refractivity contribution in [1.29, 1.82) is 0 Å². The SMILES string of the molecule is CN(C)c1ccc2c(Nc3cccc(C(F)(F)F)c3)noc2c1C#Cc1cnc2cccnn12. The molecule has 3 aromatic heterocycles. The van der Waals surface area contributed by atoms with Crippen molar-refractivity contribution in [2.45, 2.75) is 6.18 Å². The number of nitrogens with zero attached hydrogens (tertiary/aromatic N) is 5. The lowest BCUT2D eigenvalue weighted by Crippen LogP contribution is -2.10. The van der Waals surface area contributed by atoms with Gasteiger partial charge in [-0.3, -0.25) is 0 Å². The molecule has 2 aromatic carbocycles. The number of aromatic nitrogens is 4. The van der Waals surface area contributed by atoms with Gasteiger partial charge in [-0.2, -0.15) is 18.3 Å². The summed E-state index contributed by atoms with van der Waals surface area (Å²) in [6.45, 7) is 0. The second-order valence-corrected chi connectivity index (χ2v) is 7.65. The maximum absolute atomic E-state index is 13.1. The zero-order valence-electron chi connectivity index (χ0n) is 18.1. The van der Waals surface area contributed by atoms with Gasteiger partial charge in [-0.25, -0.2) is 9.50 Å². The van der Waals surface area contributed by atoms with Crippen LogP contribution in [0.25, 0.3) is 16.6 Å². The summed E-state index contributed by atoms with van der Waals surface area (Å²) in [7, 11) is 3.75. The molecule has 1 N–H and O–H groups in total. The minimum atomic E-state index is -4.44. The number of hydrogen-bond donors (Lipinski definition) is 1. The van der Waals surface area contributed by atoms with Gasteiger partial charge in [0.05, 0.1) is 28.4 Å². The molecule has 0 radical (unpaired) electrons. The first kappa shape index (κ1) is 21.3. The molecular formula is C24H17F3N6O. The zero-order valence-corrected chi connectivity index (χ0v) is 18.1. The third-order valence-electron chi connectivity index (χ3n) is 5.15. The highest BCUT2D eigenvalue weighted by atomic mass is 19.4. The molecule has 0 saturated heterocycles. The summed E-state index contributed by atoms with van der Waals surface area (Å²) in [6, 6.07) is 12.2. The van der Waals surface area contributed by atoms with Crippen LogP contribution >= 0.6 is 0 Å². The number of rotatable bonds is 3. The molecule has 0 unspecified atom stereocenters. The van der Waals surface area contributed by atoms with Crippen molar-refractivity contribution >= 4 is 33.8 Å². The number of benzene rings is 2. The highest BCUT2D eigenvalue weighted by Gasteiger charge is 2.30. The van der Waals surface area contributed by atoms with E-state index in [0.29, 0.717) is 33.7 Å². The largest absolute Gasteiger partial charge is 0.416 e. The fourth-order valence-corrected chi connectivity index (χ4v) is 3.53. The highest BCUT2D eigenvalue weighted by Crippen LogP contribution is 2.35. The summed E-state index contributed by atoms with van der Waals surface area (Å²) in [5.74, 6) is 6.51. The number of alkyl halides is 3. The van der Waals surface area contributed by atoms with E-state index in [2.05, 4.69) is 32.4 Å². The van der Waals surface area contributed by atoms with Crippen LogP contribution in [-0.4, -0.2) is 33.9 Å². The Morgan fingerprint density at radius 3 is 2.71 bits per heavy atom. The second-order valence-electron chi connectivity index (χ2n) is 7.65. The first-order valence-electron chi connectivity index (χ1n) is 10.2. The molecule has 0 aliphatic heterocycles. The van der Waals surface area contributed by atoms with Gasteiger partial charge in [0.2, 0.25) is 0 Å². The molecule has 34 heavy (non-hydrogen) atoms. The predicted octanol–water partition coefficient (Wildman–Crippen LogP) is 5.10. The van der Waals surface area contributed by atoms with Crippen LogP contribution in [0.4, 0.5) is 30.4 Å². The summed E-state index contributed by atoms with van der Waals surface area (Å²) in [5, 5.41) is 11.8. The standard InChI is InChI=1S/C24H17F3N6O/c1-32(2)20-11-10-19-22(18(20)9-8-17-14-28-21-7-4-12-29-33(17)21)34-31-23(19)30-16-6-3-5-15(13-16)24(25,26)27/h3-7,10-14H,1-2H3,(H,30,31). The second kappa shape index (κ2) is 8.12. The maximum atomic E-state index is 13.1. The molecule has 0 aliphatic rings. The molecule has 0 saturated carbocycles. The van der Waals surface area contributed by atoms with E-state index >= 15 is 0 Å². The monoisotopic (exact) mass is 462 g/mol. The molecule has 0 aliphatic carbocycles. The Labute approximate surface area is 191 Å². The third-order valence-corrected chi connectivity index (χ3v) is 5.15. The lowest BCUT2D eigenvalue weighted by molar-refractivity contribution is -0.137. The summed E-state index contributed by atoms with van der Waals surface area (Å²) in [4.78, 5) is 6.18. The molecule has 0 amide bonds. The van der Waals surface area contributed by atoms with Crippen molar-refractivity contribution in [2.75, 3.05) is 24.3 Å². The van der Waals surface area contributed by atoms with Crippen LogP contribution in [0, 0.1) is 11.8 Å². The van der Waals surface area contributed by atoms with Gasteiger partial charge in [0.25, 0.3) is 0 Å². The van der Waals surface area contributed by atoms with Gasteiger partial charge in [0.15, 0.2) is 17.0 Å². The number of nitrogens with one attached hydrogen (secondary N) is 1. The highest BCUT2D eigenvalue weighted by molar-refractivity contribution is 5.96. The van der Waals surface area contributed by atoms with E-state index in [1.807, 2.05) is 31.1 Å². The Balaban J connectivity index is 1.58. The lowest BCUT2D eigenvalue weighted by atomic mass is 10.1. The average Bonchev–Trinajstić information content (AvgIpc) is 3.41. The van der Waals surface area contributed by atoms with E-state index in [-0.39, 0.29) is 5.69 Å². The minimum Gasteiger partial charge on any atom is -0.377 e. The molecule has 5 aromatic rings. The molecule has 5 rings (SSSR count). The molecular weight excluding hydrogens is 445 g/mol. The van der Waals surface area contributed by atoms with Gasteiger partial charge < -0.3 is 14.7 Å². The Kier molecular flexibility index (Phi) is 5.09. The van der Waals surface area contributed by atoms with E-state index in [1.54, 1.807) is 29.0 Å². The van der Waals surface area contributed by atoms with Gasteiger partial charge in [-0.05, 0) is 48.4 Å². The van der Waals surface area contributed by atoms with Crippen LogP contribution in [0.3, 0.4) is 0 Å². The van der Waals surface area contributed by atoms with Crippen LogP contribution in [-0.2, 0) is 6.18 Å². The third kappa shape index (κ3) is 3.88. The molecule has 0 bridgehead atoms. The van der Waals surface area contributed by atoms with Crippen molar-refractivity contribution < 1.29 is 17.7 Å². The van der Waals surface area contributed by atoms with E-state index in [1.165, 1.54) is 12.1 Å². The minimum absolute atomic E-state index is 0.242. The Bertz CT molecular complexity index is 1570. The zero-order chi connectivity index (χ0) is 23.9. The molecule has 0 spiro atoms. The first-order valence-corrected chi connectivity index (χ1v) is 10.2. The van der Waals surface area contributed by atoms with Gasteiger partial charge >= 0.3 is 6.18 Å². The van der Waals surface area contributed by atoms with Gasteiger partial charge in [-0.15, -0.1) is 0 Å². The van der Waals surface area contributed by atoms with E-state index in [4.69, 9.17) is 4.52 Å². The summed E-state index contributed by atoms with van der Waals surface area (Å²) < 4.78 is 46.5. The van der Waals surface area contributed by atoms with E-state index in [0.717, 1.165) is 17.8 Å². The summed E-state index contributed by atoms with van der Waals surface area (Å²) >= 11 is 0. The van der Waals surface area contributed by atoms with Crippen molar-refractivity contribution in [3.05, 3.63) is 77.7 Å². The summed E-state index contributed by atoms with van der Waals surface area (Å²) in [6.07, 6.45) is -1.17. The van der Waals surface area contributed by atoms with E-state index < -0.39 is 11.7 Å². The lowest BCUT2D eigenvalue weighted by Gasteiger charge is -2.14. The summed E-state index contributed by atoms with van der Waals surface area (Å²) in [5.41, 5.74) is 2.54. The number of imidazole rings is 1. The fourth-order valence-electron chi connectivity index (χ4n) is 3.53. The Morgan fingerprint density at radius 1 is 1.06 bits per heavy atom. The molecule has 7 nitrogen and oxygen atoms in total. The molecule has 0 fully saturated rings. The molecule has 170 valence electrons. The Morgan fingerprint density at radius 2 is 1.91 bits per heavy atom. The van der Waals surface area contributed by atoms with Crippen LogP contribution in [0.2, 0.25) is 0 Å². The average molecular weight is 462 g/mol. The van der Waals surface area contributed by atoms with E-state index in [9.17, 15) is 13.2 Å². The quantitative estimate of drug-likeness (QED) is 0.376. The van der Waals surface area contributed by atoms with Gasteiger partial charge in [-0.1, -0.05) is 17.1 Å². The van der Waals surface area contributed by atoms with Gasteiger partial charge in [0, 0.05) is 26.0 Å². The molecule has 10 heteroatoms. The van der Waals surface area contributed by atoms with Crippen molar-refractivity contribution in [2.24, 2.45) is 0 Å².